The van der Waals surface area contributed by atoms with E-state index in [0.717, 1.165) is 6.42 Å². The zero-order valence-corrected chi connectivity index (χ0v) is 12.0. The zero-order chi connectivity index (χ0) is 15.7. The molecule has 1 atom stereocenters. The number of halogens is 1. The lowest BCUT2D eigenvalue weighted by Crippen LogP contribution is -2.37. The highest BCUT2D eigenvalue weighted by atomic mass is 19.1. The third-order valence-corrected chi connectivity index (χ3v) is 2.85. The van der Waals surface area contributed by atoms with Crippen molar-refractivity contribution >= 4 is 11.9 Å². The molecule has 6 heteroatoms. The van der Waals surface area contributed by atoms with Gasteiger partial charge in [0.05, 0.1) is 19.4 Å². The molecule has 0 saturated carbocycles. The van der Waals surface area contributed by atoms with Crippen LogP contribution in [0.2, 0.25) is 0 Å². The molecule has 0 heterocycles. The van der Waals surface area contributed by atoms with E-state index in [1.54, 1.807) is 12.1 Å². The van der Waals surface area contributed by atoms with Gasteiger partial charge in [-0.2, -0.15) is 0 Å². The van der Waals surface area contributed by atoms with Gasteiger partial charge in [0.25, 0.3) is 0 Å². The number of aliphatic carboxylic acids is 1. The molecule has 0 fully saturated rings. The van der Waals surface area contributed by atoms with Crippen LogP contribution in [0.4, 0.5) is 4.39 Å². The maximum absolute atomic E-state index is 13.3. The number of rotatable bonds is 9. The van der Waals surface area contributed by atoms with Crippen molar-refractivity contribution in [3.05, 3.63) is 30.1 Å². The lowest BCUT2D eigenvalue weighted by Gasteiger charge is -2.16. The molecule has 1 rings (SSSR count). The van der Waals surface area contributed by atoms with E-state index in [0.29, 0.717) is 6.42 Å². The number of benzene rings is 1. The first-order chi connectivity index (χ1) is 10.0. The monoisotopic (exact) mass is 297 g/mol. The van der Waals surface area contributed by atoms with Gasteiger partial charge in [0.2, 0.25) is 5.91 Å². The number of ether oxygens (including phenoxy) is 1. The molecule has 2 N–H and O–H groups in total. The number of hydrogen-bond donors (Lipinski definition) is 2. The highest BCUT2D eigenvalue weighted by Gasteiger charge is 2.15. The Labute approximate surface area is 123 Å². The molecular formula is C15H20FNO4. The second-order valence-corrected chi connectivity index (χ2v) is 4.68. The summed E-state index contributed by atoms with van der Waals surface area (Å²) in [6.45, 7) is 1.96. The fourth-order valence-corrected chi connectivity index (χ4v) is 1.90. The van der Waals surface area contributed by atoms with Crippen LogP contribution in [-0.4, -0.2) is 29.6 Å². The minimum Gasteiger partial charge on any atom is -0.490 e. The van der Waals surface area contributed by atoms with Crippen LogP contribution in [0, 0.1) is 5.82 Å². The predicted octanol–water partition coefficient (Wildman–Crippen LogP) is 2.35. The van der Waals surface area contributed by atoms with E-state index >= 15 is 0 Å². The van der Waals surface area contributed by atoms with Gasteiger partial charge in [-0.25, -0.2) is 4.39 Å². The fraction of sp³-hybridized carbons (Fsp3) is 0.467. The number of para-hydroxylation sites is 1. The lowest BCUT2D eigenvalue weighted by molar-refractivity contribution is -0.137. The standard InChI is InChI=1S/C15H20FNO4/c1-2-5-11(10-15(19)20)17-14(18)8-9-21-13-7-4-3-6-12(13)16/h3-4,6-7,11H,2,5,8-10H2,1H3,(H,17,18)(H,19,20). The lowest BCUT2D eigenvalue weighted by atomic mass is 10.1. The van der Waals surface area contributed by atoms with Crippen LogP contribution in [0.1, 0.15) is 32.6 Å². The maximum atomic E-state index is 13.3. The van der Waals surface area contributed by atoms with Crippen LogP contribution < -0.4 is 10.1 Å². The van der Waals surface area contributed by atoms with Crippen molar-refractivity contribution in [2.45, 2.75) is 38.6 Å². The number of nitrogens with one attached hydrogen (secondary N) is 1. The van der Waals surface area contributed by atoms with Crippen molar-refractivity contribution in [1.29, 1.82) is 0 Å². The molecule has 0 spiro atoms. The Hall–Kier alpha value is -2.11. The summed E-state index contributed by atoms with van der Waals surface area (Å²) in [5, 5.41) is 11.4. The average Bonchev–Trinajstić information content (AvgIpc) is 2.40. The summed E-state index contributed by atoms with van der Waals surface area (Å²) < 4.78 is 18.5. The molecule has 1 aromatic rings. The topological polar surface area (TPSA) is 75.6 Å². The molecule has 116 valence electrons. The highest BCUT2D eigenvalue weighted by molar-refractivity contribution is 5.77. The van der Waals surface area contributed by atoms with Gasteiger partial charge in [0.15, 0.2) is 11.6 Å². The van der Waals surface area contributed by atoms with Crippen LogP contribution in [0.15, 0.2) is 24.3 Å². The van der Waals surface area contributed by atoms with E-state index in [1.807, 2.05) is 6.92 Å². The van der Waals surface area contributed by atoms with E-state index in [4.69, 9.17) is 9.84 Å². The van der Waals surface area contributed by atoms with Crippen LogP contribution in [0.25, 0.3) is 0 Å². The molecule has 1 unspecified atom stereocenters. The third-order valence-electron chi connectivity index (χ3n) is 2.85. The summed E-state index contributed by atoms with van der Waals surface area (Å²) in [6, 6.07) is 5.57. The summed E-state index contributed by atoms with van der Waals surface area (Å²) in [6.07, 6.45) is 1.33. The maximum Gasteiger partial charge on any atom is 0.305 e. The van der Waals surface area contributed by atoms with Crippen molar-refractivity contribution in [2.75, 3.05) is 6.61 Å². The Kier molecular flexibility index (Phi) is 7.21. The van der Waals surface area contributed by atoms with Gasteiger partial charge in [0.1, 0.15) is 0 Å². The molecule has 0 radical (unpaired) electrons. The van der Waals surface area contributed by atoms with Crippen LogP contribution in [0.3, 0.4) is 0 Å². The van der Waals surface area contributed by atoms with Crippen molar-refractivity contribution in [3.8, 4) is 5.75 Å². The number of carbonyl (C=O) groups is 2. The Morgan fingerprint density at radius 3 is 2.71 bits per heavy atom. The second kappa shape index (κ2) is 8.94. The number of amides is 1. The molecule has 0 saturated heterocycles. The molecule has 21 heavy (non-hydrogen) atoms. The first-order valence-electron chi connectivity index (χ1n) is 6.91. The van der Waals surface area contributed by atoms with E-state index in [1.165, 1.54) is 12.1 Å². The largest absolute Gasteiger partial charge is 0.490 e. The predicted molar refractivity (Wildman–Crippen MR) is 75.6 cm³/mol. The SMILES string of the molecule is CCCC(CC(=O)O)NC(=O)CCOc1ccccc1F. The number of carboxylic acids is 1. The summed E-state index contributed by atoms with van der Waals surface area (Å²) in [4.78, 5) is 22.4. The van der Waals surface area contributed by atoms with Gasteiger partial charge in [-0.15, -0.1) is 0 Å². The second-order valence-electron chi connectivity index (χ2n) is 4.68. The Morgan fingerprint density at radius 2 is 2.10 bits per heavy atom. The first kappa shape index (κ1) is 16.9. The van der Waals surface area contributed by atoms with Gasteiger partial charge in [-0.05, 0) is 18.6 Å². The number of hydrogen-bond acceptors (Lipinski definition) is 3. The molecule has 1 amide bonds. The minimum absolute atomic E-state index is 0.0404. The van der Waals surface area contributed by atoms with Crippen LogP contribution in [0.5, 0.6) is 5.75 Å². The van der Waals surface area contributed by atoms with Crippen molar-refractivity contribution in [3.63, 3.8) is 0 Å². The molecule has 0 aliphatic heterocycles. The van der Waals surface area contributed by atoms with Gasteiger partial charge in [-0.1, -0.05) is 25.5 Å². The molecule has 0 bridgehead atoms. The Bertz CT molecular complexity index is 478. The third kappa shape index (κ3) is 6.74. The Balaban J connectivity index is 2.35. The molecular weight excluding hydrogens is 277 g/mol. The van der Waals surface area contributed by atoms with Gasteiger partial charge >= 0.3 is 5.97 Å². The number of carboxylic acid groups (broad SMARTS) is 1. The fourth-order valence-electron chi connectivity index (χ4n) is 1.90. The van der Waals surface area contributed by atoms with E-state index in [2.05, 4.69) is 5.32 Å². The zero-order valence-electron chi connectivity index (χ0n) is 12.0. The van der Waals surface area contributed by atoms with E-state index < -0.39 is 11.8 Å². The average molecular weight is 297 g/mol. The summed E-state index contributed by atoms with van der Waals surface area (Å²) in [5.74, 6) is -1.63. The van der Waals surface area contributed by atoms with E-state index in [-0.39, 0.29) is 37.1 Å². The number of carbonyl (C=O) groups excluding carboxylic acids is 1. The van der Waals surface area contributed by atoms with Crippen molar-refractivity contribution < 1.29 is 23.8 Å². The van der Waals surface area contributed by atoms with Crippen LogP contribution in [-0.2, 0) is 9.59 Å². The normalized spacial score (nSPS) is 11.7. The van der Waals surface area contributed by atoms with Crippen molar-refractivity contribution in [2.24, 2.45) is 0 Å². The van der Waals surface area contributed by atoms with Crippen LogP contribution >= 0.6 is 0 Å². The van der Waals surface area contributed by atoms with Crippen molar-refractivity contribution in [1.82, 2.24) is 5.32 Å². The molecule has 1 aromatic carbocycles. The minimum atomic E-state index is -0.948. The van der Waals surface area contributed by atoms with Gasteiger partial charge in [-0.3, -0.25) is 9.59 Å². The Morgan fingerprint density at radius 1 is 1.38 bits per heavy atom. The summed E-state index contributed by atoms with van der Waals surface area (Å²) in [5.41, 5.74) is 0. The molecule has 0 aromatic heterocycles. The summed E-state index contributed by atoms with van der Waals surface area (Å²) in [7, 11) is 0. The molecule has 0 aliphatic rings. The smallest absolute Gasteiger partial charge is 0.305 e. The molecule has 0 aliphatic carbocycles. The summed E-state index contributed by atoms with van der Waals surface area (Å²) >= 11 is 0. The highest BCUT2D eigenvalue weighted by Crippen LogP contribution is 2.15. The first-order valence-corrected chi connectivity index (χ1v) is 6.91. The van der Waals surface area contributed by atoms with E-state index in [9.17, 15) is 14.0 Å². The quantitative estimate of drug-likeness (QED) is 0.733. The molecule has 5 nitrogen and oxygen atoms in total. The van der Waals surface area contributed by atoms with Gasteiger partial charge in [0, 0.05) is 6.04 Å². The van der Waals surface area contributed by atoms with Gasteiger partial charge < -0.3 is 15.2 Å².